The molecular formula is C12H7F10NOS2. The predicted molar refractivity (Wildman–Crippen MR) is 75.4 cm³/mol. The average Bonchev–Trinajstić information content (AvgIpc) is 2.44. The van der Waals surface area contributed by atoms with Gasteiger partial charge >= 0.3 is 22.9 Å². The standard InChI is InChI=1S/C12H7F10NOS2/c13-9(14,10(15,16)17)11(18,19)25-5-8(24)23-6-1-3-7(4-2-6)26-12(20,21)22/h1-4H,5H2,(H,23,24). The molecule has 148 valence electrons. The zero-order chi connectivity index (χ0) is 20.4. The molecule has 1 rings (SSSR count). The lowest BCUT2D eigenvalue weighted by Crippen LogP contribution is -2.50. The minimum Gasteiger partial charge on any atom is -0.325 e. The van der Waals surface area contributed by atoms with Crippen molar-refractivity contribution >= 4 is 35.1 Å². The molecular weight excluding hydrogens is 428 g/mol. The fraction of sp³-hybridized carbons (Fsp3) is 0.417. The van der Waals surface area contributed by atoms with Crippen molar-refractivity contribution in [2.75, 3.05) is 11.1 Å². The molecule has 0 aliphatic carbocycles. The molecule has 26 heavy (non-hydrogen) atoms. The first kappa shape index (κ1) is 22.7. The molecule has 0 aliphatic heterocycles. The Kier molecular flexibility index (Phi) is 6.77. The van der Waals surface area contributed by atoms with Crippen LogP contribution in [-0.2, 0) is 4.79 Å². The zero-order valence-electron chi connectivity index (χ0n) is 12.0. The van der Waals surface area contributed by atoms with E-state index in [1.54, 1.807) is 0 Å². The van der Waals surface area contributed by atoms with Gasteiger partial charge in [-0.25, -0.2) is 0 Å². The van der Waals surface area contributed by atoms with E-state index in [2.05, 4.69) is 0 Å². The molecule has 0 heterocycles. The molecule has 0 aliphatic rings. The minimum atomic E-state index is -6.51. The second kappa shape index (κ2) is 7.74. The molecule has 1 amide bonds. The number of hydrogen-bond donors (Lipinski definition) is 1. The quantitative estimate of drug-likeness (QED) is 0.455. The average molecular weight is 435 g/mol. The van der Waals surface area contributed by atoms with Crippen LogP contribution in [0.2, 0.25) is 0 Å². The summed E-state index contributed by atoms with van der Waals surface area (Å²) in [6.45, 7) is 0. The first-order valence-corrected chi connectivity index (χ1v) is 7.97. The SMILES string of the molecule is O=C(CSC(F)(F)C(F)(F)C(F)(F)F)Nc1ccc(SC(F)(F)F)cc1. The third-order valence-electron chi connectivity index (χ3n) is 2.48. The van der Waals surface area contributed by atoms with Gasteiger partial charge in [-0.1, -0.05) is 11.8 Å². The molecule has 0 unspecified atom stereocenters. The topological polar surface area (TPSA) is 29.1 Å². The first-order chi connectivity index (χ1) is 11.6. The van der Waals surface area contributed by atoms with E-state index in [9.17, 15) is 48.7 Å². The second-order valence-electron chi connectivity index (χ2n) is 4.50. The fourth-order valence-electron chi connectivity index (χ4n) is 1.35. The monoisotopic (exact) mass is 435 g/mol. The Balaban J connectivity index is 2.65. The summed E-state index contributed by atoms with van der Waals surface area (Å²) >= 11 is -1.68. The van der Waals surface area contributed by atoms with Gasteiger partial charge in [0.1, 0.15) is 0 Å². The number of amides is 1. The van der Waals surface area contributed by atoms with Crippen LogP contribution in [0.15, 0.2) is 29.2 Å². The highest BCUT2D eigenvalue weighted by atomic mass is 32.2. The number of thioether (sulfide) groups is 2. The molecule has 14 heteroatoms. The lowest BCUT2D eigenvalue weighted by Gasteiger charge is -2.27. The minimum absolute atomic E-state index is 0.159. The molecule has 1 aromatic carbocycles. The van der Waals surface area contributed by atoms with Crippen molar-refractivity contribution in [1.82, 2.24) is 0 Å². The molecule has 0 saturated carbocycles. The number of carbonyl (C=O) groups is 1. The van der Waals surface area contributed by atoms with Gasteiger partial charge < -0.3 is 5.32 Å². The van der Waals surface area contributed by atoms with Crippen molar-refractivity contribution in [2.45, 2.75) is 27.8 Å². The molecule has 0 atom stereocenters. The number of rotatable bonds is 6. The number of benzene rings is 1. The van der Waals surface area contributed by atoms with Crippen LogP contribution < -0.4 is 5.32 Å². The molecule has 1 aromatic rings. The van der Waals surface area contributed by atoms with Crippen LogP contribution in [0.25, 0.3) is 0 Å². The summed E-state index contributed by atoms with van der Waals surface area (Å²) in [5.74, 6) is -9.14. The first-order valence-electron chi connectivity index (χ1n) is 6.17. The maximum Gasteiger partial charge on any atom is 0.460 e. The fourth-order valence-corrected chi connectivity index (χ4v) is 2.57. The summed E-state index contributed by atoms with van der Waals surface area (Å²) in [6.07, 6.45) is -6.51. The number of carbonyl (C=O) groups excluding carboxylic acids is 1. The largest absolute Gasteiger partial charge is 0.460 e. The number of anilines is 1. The van der Waals surface area contributed by atoms with E-state index < -0.39 is 58.0 Å². The van der Waals surface area contributed by atoms with Gasteiger partial charge in [-0.2, -0.15) is 43.9 Å². The number of halogens is 10. The molecule has 0 bridgehead atoms. The molecule has 0 saturated heterocycles. The Bertz CT molecular complexity index is 626. The van der Waals surface area contributed by atoms with Gasteiger partial charge in [-0.3, -0.25) is 4.79 Å². The van der Waals surface area contributed by atoms with Gasteiger partial charge in [0.25, 0.3) is 0 Å². The van der Waals surface area contributed by atoms with Crippen LogP contribution in [0.1, 0.15) is 0 Å². The van der Waals surface area contributed by atoms with E-state index in [-0.39, 0.29) is 10.6 Å². The summed E-state index contributed by atoms with van der Waals surface area (Å²) in [7, 11) is 0. The van der Waals surface area contributed by atoms with Crippen molar-refractivity contribution in [3.63, 3.8) is 0 Å². The molecule has 1 N–H and O–H groups in total. The number of nitrogens with one attached hydrogen (secondary N) is 1. The number of alkyl halides is 10. The van der Waals surface area contributed by atoms with E-state index in [0.29, 0.717) is 0 Å². The Hall–Kier alpha value is -1.31. The van der Waals surface area contributed by atoms with Gasteiger partial charge in [0.05, 0.1) is 5.75 Å². The highest BCUT2D eigenvalue weighted by Gasteiger charge is 2.73. The van der Waals surface area contributed by atoms with Crippen LogP contribution in [0.4, 0.5) is 49.6 Å². The summed E-state index contributed by atoms with van der Waals surface area (Å²) in [6, 6.07) is 3.82. The normalized spacial score (nSPS) is 13.6. The summed E-state index contributed by atoms with van der Waals surface area (Å²) in [5, 5.41) is -3.70. The zero-order valence-corrected chi connectivity index (χ0v) is 13.7. The van der Waals surface area contributed by atoms with Gasteiger partial charge in [0.15, 0.2) is 0 Å². The van der Waals surface area contributed by atoms with Gasteiger partial charge in [0.2, 0.25) is 5.91 Å². The third kappa shape index (κ3) is 6.14. The van der Waals surface area contributed by atoms with Crippen molar-refractivity contribution in [2.24, 2.45) is 0 Å². The van der Waals surface area contributed by atoms with Crippen LogP contribution in [0.5, 0.6) is 0 Å². The predicted octanol–water partition coefficient (Wildman–Crippen LogP) is 5.76. The van der Waals surface area contributed by atoms with E-state index in [1.165, 1.54) is 0 Å². The van der Waals surface area contributed by atoms with Crippen molar-refractivity contribution in [1.29, 1.82) is 0 Å². The highest BCUT2D eigenvalue weighted by Crippen LogP contribution is 2.51. The van der Waals surface area contributed by atoms with Gasteiger partial charge in [0, 0.05) is 10.6 Å². The maximum atomic E-state index is 13.0. The summed E-state index contributed by atoms with van der Waals surface area (Å²) in [5.41, 5.74) is -4.72. The van der Waals surface area contributed by atoms with Gasteiger partial charge in [-0.15, -0.1) is 0 Å². The van der Waals surface area contributed by atoms with Crippen molar-refractivity contribution < 1.29 is 48.7 Å². The molecule has 2 nitrogen and oxygen atoms in total. The van der Waals surface area contributed by atoms with E-state index in [0.717, 1.165) is 24.3 Å². The molecule has 0 aromatic heterocycles. The Labute approximate surface area is 147 Å². The van der Waals surface area contributed by atoms with Crippen LogP contribution in [0.3, 0.4) is 0 Å². The Morgan fingerprint density at radius 3 is 1.81 bits per heavy atom. The molecule has 0 radical (unpaired) electrons. The van der Waals surface area contributed by atoms with E-state index >= 15 is 0 Å². The maximum absolute atomic E-state index is 13.0. The summed E-state index contributed by atoms with van der Waals surface area (Å²) in [4.78, 5) is 11.1. The smallest absolute Gasteiger partial charge is 0.325 e. The number of hydrogen-bond acceptors (Lipinski definition) is 3. The van der Waals surface area contributed by atoms with Crippen LogP contribution in [-0.4, -0.2) is 34.5 Å². The van der Waals surface area contributed by atoms with Gasteiger partial charge in [-0.05, 0) is 36.0 Å². The third-order valence-corrected chi connectivity index (χ3v) is 4.24. The van der Waals surface area contributed by atoms with E-state index in [1.807, 2.05) is 5.32 Å². The lowest BCUT2D eigenvalue weighted by atomic mass is 10.3. The Morgan fingerprint density at radius 1 is 0.885 bits per heavy atom. The Morgan fingerprint density at radius 2 is 1.38 bits per heavy atom. The van der Waals surface area contributed by atoms with Crippen LogP contribution in [0, 0.1) is 0 Å². The van der Waals surface area contributed by atoms with E-state index in [4.69, 9.17) is 0 Å². The van der Waals surface area contributed by atoms with Crippen molar-refractivity contribution in [3.8, 4) is 0 Å². The highest BCUT2D eigenvalue weighted by molar-refractivity contribution is 8.01. The van der Waals surface area contributed by atoms with Crippen molar-refractivity contribution in [3.05, 3.63) is 24.3 Å². The summed E-state index contributed by atoms with van der Waals surface area (Å²) < 4.78 is 123. The van der Waals surface area contributed by atoms with Crippen LogP contribution >= 0.6 is 23.5 Å². The second-order valence-corrected chi connectivity index (χ2v) is 6.73. The molecule has 0 spiro atoms. The lowest BCUT2D eigenvalue weighted by molar-refractivity contribution is -0.330. The molecule has 0 fully saturated rings.